The third-order valence-electron chi connectivity index (χ3n) is 7.96. The Kier molecular flexibility index (Phi) is 5.21. The van der Waals surface area contributed by atoms with Gasteiger partial charge in [-0.3, -0.25) is 0 Å². The Balaban J connectivity index is 1.46. The van der Waals surface area contributed by atoms with E-state index in [2.05, 4.69) is 114 Å². The largest absolute Gasteiger partial charge is 0.439 e. The van der Waals surface area contributed by atoms with Crippen molar-refractivity contribution in [2.45, 2.75) is 38.5 Å². The first-order valence-electron chi connectivity index (χ1n) is 13.2. The minimum atomic E-state index is 0.436. The van der Waals surface area contributed by atoms with Gasteiger partial charge in [-0.15, -0.1) is 0 Å². The van der Waals surface area contributed by atoms with Crippen molar-refractivity contribution in [3.8, 4) is 28.2 Å². The normalized spacial score (nSPS) is 14.2. The number of imidazole rings is 1. The minimum Gasteiger partial charge on any atom is -0.439 e. The predicted molar refractivity (Wildman–Crippen MR) is 149 cm³/mol. The first kappa shape index (κ1) is 22.1. The number of aryl methyl sites for hydroxylation is 2. The zero-order valence-corrected chi connectivity index (χ0v) is 21.3. The van der Waals surface area contributed by atoms with Crippen molar-refractivity contribution in [3.63, 3.8) is 0 Å². The van der Waals surface area contributed by atoms with E-state index in [0.29, 0.717) is 5.92 Å². The van der Waals surface area contributed by atoms with E-state index in [0.717, 1.165) is 34.1 Å². The molecule has 2 aromatic heterocycles. The Hall–Kier alpha value is -4.18. The summed E-state index contributed by atoms with van der Waals surface area (Å²) in [6.45, 7) is 2.17. The highest BCUT2D eigenvalue weighted by atomic mass is 16.3. The summed E-state index contributed by atoms with van der Waals surface area (Å²) in [5.41, 5.74) is 10.0. The van der Waals surface area contributed by atoms with Crippen LogP contribution in [0.4, 0.5) is 0 Å². The molecule has 1 saturated carbocycles. The van der Waals surface area contributed by atoms with Gasteiger partial charge in [-0.05, 0) is 66.8 Å². The van der Waals surface area contributed by atoms with Gasteiger partial charge in [0.2, 0.25) is 0 Å². The fourth-order valence-corrected chi connectivity index (χ4v) is 6.02. The van der Waals surface area contributed by atoms with Crippen LogP contribution < -0.4 is 4.57 Å². The maximum absolute atomic E-state index is 6.60. The molecule has 7 rings (SSSR count). The van der Waals surface area contributed by atoms with Gasteiger partial charge < -0.3 is 4.42 Å². The summed E-state index contributed by atoms with van der Waals surface area (Å²) in [7, 11) is 2.15. The second-order valence-electron chi connectivity index (χ2n) is 10.3. The van der Waals surface area contributed by atoms with Crippen LogP contribution in [0, 0.1) is 6.92 Å². The van der Waals surface area contributed by atoms with Crippen LogP contribution in [0.2, 0.25) is 0 Å². The summed E-state index contributed by atoms with van der Waals surface area (Å²) < 4.78 is 11.3. The van der Waals surface area contributed by atoms with Gasteiger partial charge in [-0.2, -0.15) is 4.57 Å². The SMILES string of the molecule is Cc1ccc2nc(C3CCCC3)oc2c1-c1n(-c2ccc(-c3ccccc3)cc2)c2ccccc2[n+]1C. The molecular weight excluding hydrogens is 454 g/mol. The number of fused-ring (bicyclic) bond motifs is 2. The number of hydrogen-bond donors (Lipinski definition) is 0. The van der Waals surface area contributed by atoms with Gasteiger partial charge in [-0.25, -0.2) is 9.55 Å². The maximum Gasteiger partial charge on any atom is 0.299 e. The van der Waals surface area contributed by atoms with Gasteiger partial charge in [-0.1, -0.05) is 73.5 Å². The van der Waals surface area contributed by atoms with Crippen molar-refractivity contribution in [2.24, 2.45) is 7.05 Å². The van der Waals surface area contributed by atoms with Crippen LogP contribution >= 0.6 is 0 Å². The van der Waals surface area contributed by atoms with E-state index in [9.17, 15) is 0 Å². The maximum atomic E-state index is 6.60. The summed E-state index contributed by atoms with van der Waals surface area (Å²) >= 11 is 0. The van der Waals surface area contributed by atoms with Crippen LogP contribution in [0.1, 0.15) is 43.1 Å². The Bertz CT molecular complexity index is 1740. The van der Waals surface area contributed by atoms with Crippen LogP contribution in [0.3, 0.4) is 0 Å². The molecule has 0 atom stereocenters. The Labute approximate surface area is 216 Å². The van der Waals surface area contributed by atoms with E-state index in [1.54, 1.807) is 0 Å². The molecule has 1 fully saturated rings. The lowest BCUT2D eigenvalue weighted by atomic mass is 10.0. The number of oxazole rings is 1. The molecule has 182 valence electrons. The van der Waals surface area contributed by atoms with Crippen molar-refractivity contribution in [3.05, 3.63) is 102 Å². The Morgan fingerprint density at radius 2 is 1.51 bits per heavy atom. The van der Waals surface area contributed by atoms with Gasteiger partial charge in [0, 0.05) is 5.92 Å². The molecule has 0 N–H and O–H groups in total. The number of para-hydroxylation sites is 2. The molecule has 0 radical (unpaired) electrons. The molecule has 37 heavy (non-hydrogen) atoms. The first-order valence-corrected chi connectivity index (χ1v) is 13.2. The van der Waals surface area contributed by atoms with Crippen LogP contribution in [0.25, 0.3) is 50.3 Å². The second-order valence-corrected chi connectivity index (χ2v) is 10.3. The van der Waals surface area contributed by atoms with E-state index >= 15 is 0 Å². The number of aromatic nitrogens is 3. The lowest BCUT2D eigenvalue weighted by Gasteiger charge is -2.08. The van der Waals surface area contributed by atoms with E-state index in [-0.39, 0.29) is 0 Å². The third kappa shape index (κ3) is 3.59. The summed E-state index contributed by atoms with van der Waals surface area (Å²) in [5, 5.41) is 0. The highest BCUT2D eigenvalue weighted by molar-refractivity contribution is 5.92. The lowest BCUT2D eigenvalue weighted by Crippen LogP contribution is -2.30. The topological polar surface area (TPSA) is 34.8 Å². The van der Waals surface area contributed by atoms with Crippen molar-refractivity contribution >= 4 is 22.1 Å². The van der Waals surface area contributed by atoms with Crippen molar-refractivity contribution < 1.29 is 8.98 Å². The summed E-state index contributed by atoms with van der Waals surface area (Å²) in [6, 6.07) is 32.3. The summed E-state index contributed by atoms with van der Waals surface area (Å²) in [4.78, 5) is 4.97. The van der Waals surface area contributed by atoms with E-state index in [4.69, 9.17) is 9.40 Å². The molecule has 0 saturated heterocycles. The van der Waals surface area contributed by atoms with Crippen molar-refractivity contribution in [2.75, 3.05) is 0 Å². The number of hydrogen-bond acceptors (Lipinski definition) is 2. The molecule has 2 heterocycles. The molecule has 0 amide bonds. The van der Waals surface area contributed by atoms with Crippen LogP contribution in [0.5, 0.6) is 0 Å². The molecule has 4 nitrogen and oxygen atoms in total. The van der Waals surface area contributed by atoms with Crippen LogP contribution in [-0.4, -0.2) is 9.55 Å². The molecule has 0 bridgehead atoms. The Morgan fingerprint density at radius 3 is 2.30 bits per heavy atom. The quantitative estimate of drug-likeness (QED) is 0.238. The minimum absolute atomic E-state index is 0.436. The molecule has 1 aliphatic carbocycles. The van der Waals surface area contributed by atoms with E-state index < -0.39 is 0 Å². The highest BCUT2D eigenvalue weighted by Gasteiger charge is 2.31. The molecule has 0 aliphatic heterocycles. The average Bonchev–Trinajstić information content (AvgIpc) is 3.68. The van der Waals surface area contributed by atoms with Gasteiger partial charge in [0.05, 0.1) is 7.05 Å². The molecule has 4 aromatic carbocycles. The van der Waals surface area contributed by atoms with E-state index in [1.165, 1.54) is 53.4 Å². The van der Waals surface area contributed by atoms with Gasteiger partial charge in [0.1, 0.15) is 16.8 Å². The lowest BCUT2D eigenvalue weighted by molar-refractivity contribution is -0.633. The number of nitrogens with zero attached hydrogens (tertiary/aromatic N) is 3. The predicted octanol–water partition coefficient (Wildman–Crippen LogP) is 7.90. The molecule has 1 aliphatic rings. The first-order chi connectivity index (χ1) is 18.2. The van der Waals surface area contributed by atoms with Crippen LogP contribution in [0.15, 0.2) is 95.4 Å². The Morgan fingerprint density at radius 1 is 0.811 bits per heavy atom. The van der Waals surface area contributed by atoms with E-state index in [1.807, 2.05) is 0 Å². The third-order valence-corrected chi connectivity index (χ3v) is 7.96. The van der Waals surface area contributed by atoms with Crippen molar-refractivity contribution in [1.82, 2.24) is 9.55 Å². The molecule has 4 heteroatoms. The molecule has 6 aromatic rings. The summed E-state index contributed by atoms with van der Waals surface area (Å²) in [5.74, 6) is 2.44. The molecule has 0 spiro atoms. The zero-order chi connectivity index (χ0) is 24.9. The second kappa shape index (κ2) is 8.74. The smallest absolute Gasteiger partial charge is 0.299 e. The molecular formula is C33H30N3O+. The van der Waals surface area contributed by atoms with Crippen LogP contribution in [-0.2, 0) is 7.05 Å². The van der Waals surface area contributed by atoms with Gasteiger partial charge in [0.25, 0.3) is 5.82 Å². The average molecular weight is 485 g/mol. The number of rotatable bonds is 4. The fraction of sp³-hybridized carbons (Fsp3) is 0.212. The highest BCUT2D eigenvalue weighted by Crippen LogP contribution is 2.39. The molecule has 0 unspecified atom stereocenters. The van der Waals surface area contributed by atoms with Gasteiger partial charge in [0.15, 0.2) is 22.5 Å². The van der Waals surface area contributed by atoms with Crippen molar-refractivity contribution in [1.29, 1.82) is 0 Å². The number of benzene rings is 4. The zero-order valence-electron chi connectivity index (χ0n) is 21.3. The fourth-order valence-electron chi connectivity index (χ4n) is 6.02. The standard InChI is InChI=1S/C33H30N3O/c1-22-16-21-27-31(37-32(34-27)25-12-6-7-13-25)30(22)33-35(2)28-14-8-9-15-29(28)36(33)26-19-17-24(18-20-26)23-10-4-3-5-11-23/h3-5,8-11,14-21,25H,6-7,12-13H2,1-2H3/q+1. The monoisotopic (exact) mass is 484 g/mol. The van der Waals surface area contributed by atoms with Gasteiger partial charge >= 0.3 is 0 Å². The summed E-state index contributed by atoms with van der Waals surface area (Å²) in [6.07, 6.45) is 4.86.